The largest absolute Gasteiger partial charge is 0.494 e. The second kappa shape index (κ2) is 5.55. The van der Waals surface area contributed by atoms with Gasteiger partial charge in [0.15, 0.2) is 11.6 Å². The Morgan fingerprint density at radius 3 is 2.79 bits per heavy atom. The van der Waals surface area contributed by atoms with Gasteiger partial charge in [0.25, 0.3) is 0 Å². The lowest BCUT2D eigenvalue weighted by Crippen LogP contribution is -2.01. The first-order valence-electron chi connectivity index (χ1n) is 5.45. The van der Waals surface area contributed by atoms with E-state index in [-0.39, 0.29) is 5.75 Å². The van der Waals surface area contributed by atoms with Crippen molar-refractivity contribution in [3.05, 3.63) is 52.0 Å². The minimum atomic E-state index is -0.464. The zero-order chi connectivity index (χ0) is 13.8. The Bertz CT molecular complexity index is 657. The standard InChI is InChI=1S/C14H11FN2OS/c1-18-12-7-9(4-5-11(12)15)14(17)10(8-16)13-3-2-6-19-13/h2-7H,17H2,1H3/b14-10+. The molecule has 2 rings (SSSR count). The van der Waals surface area contributed by atoms with Crippen molar-refractivity contribution < 1.29 is 9.13 Å². The predicted molar refractivity (Wildman–Crippen MR) is 73.9 cm³/mol. The van der Waals surface area contributed by atoms with Crippen LogP contribution in [0.4, 0.5) is 4.39 Å². The number of nitrogens with zero attached hydrogens (tertiary/aromatic N) is 1. The first-order valence-corrected chi connectivity index (χ1v) is 6.33. The lowest BCUT2D eigenvalue weighted by molar-refractivity contribution is 0.386. The van der Waals surface area contributed by atoms with Gasteiger partial charge in [0.2, 0.25) is 0 Å². The van der Waals surface area contributed by atoms with Crippen molar-refractivity contribution in [2.75, 3.05) is 7.11 Å². The normalized spacial score (nSPS) is 11.6. The van der Waals surface area contributed by atoms with Crippen molar-refractivity contribution in [3.63, 3.8) is 0 Å². The van der Waals surface area contributed by atoms with Crippen LogP contribution in [0.3, 0.4) is 0 Å². The minimum absolute atomic E-state index is 0.101. The molecule has 1 heterocycles. The van der Waals surface area contributed by atoms with Crippen LogP contribution in [-0.4, -0.2) is 7.11 Å². The maximum absolute atomic E-state index is 13.3. The van der Waals surface area contributed by atoms with Crippen LogP contribution >= 0.6 is 11.3 Å². The van der Waals surface area contributed by atoms with Crippen LogP contribution in [0.5, 0.6) is 5.75 Å². The summed E-state index contributed by atoms with van der Waals surface area (Å²) in [5.74, 6) is -0.363. The highest BCUT2D eigenvalue weighted by Crippen LogP contribution is 2.28. The highest BCUT2D eigenvalue weighted by Gasteiger charge is 2.11. The van der Waals surface area contributed by atoms with Gasteiger partial charge in [-0.2, -0.15) is 5.26 Å². The topological polar surface area (TPSA) is 59.0 Å². The Morgan fingerprint density at radius 2 is 2.21 bits per heavy atom. The van der Waals surface area contributed by atoms with Crippen LogP contribution in [0.2, 0.25) is 0 Å². The highest BCUT2D eigenvalue weighted by molar-refractivity contribution is 7.11. The van der Waals surface area contributed by atoms with E-state index >= 15 is 0 Å². The van der Waals surface area contributed by atoms with Crippen LogP contribution in [0.25, 0.3) is 11.3 Å². The number of thiophene rings is 1. The lowest BCUT2D eigenvalue weighted by atomic mass is 10.1. The molecule has 0 amide bonds. The van der Waals surface area contributed by atoms with Gasteiger partial charge < -0.3 is 10.5 Å². The van der Waals surface area contributed by atoms with E-state index < -0.39 is 5.82 Å². The molecule has 0 aliphatic heterocycles. The molecule has 5 heteroatoms. The van der Waals surface area contributed by atoms with E-state index in [1.54, 1.807) is 0 Å². The number of ether oxygens (including phenoxy) is 1. The van der Waals surface area contributed by atoms with Gasteiger partial charge in [-0.3, -0.25) is 0 Å². The molecule has 1 aromatic heterocycles. The fourth-order valence-electron chi connectivity index (χ4n) is 1.64. The van der Waals surface area contributed by atoms with Crippen molar-refractivity contribution in [3.8, 4) is 11.8 Å². The summed E-state index contributed by atoms with van der Waals surface area (Å²) in [7, 11) is 1.38. The first kappa shape index (κ1) is 13.1. The van der Waals surface area contributed by atoms with Crippen molar-refractivity contribution in [1.82, 2.24) is 0 Å². The van der Waals surface area contributed by atoms with Gasteiger partial charge in [0.1, 0.15) is 6.07 Å². The number of hydrogen-bond donors (Lipinski definition) is 1. The molecule has 0 saturated carbocycles. The summed E-state index contributed by atoms with van der Waals surface area (Å²) >= 11 is 1.43. The van der Waals surface area contributed by atoms with E-state index in [0.29, 0.717) is 16.8 Å². The van der Waals surface area contributed by atoms with Gasteiger partial charge in [-0.25, -0.2) is 4.39 Å². The summed E-state index contributed by atoms with van der Waals surface area (Å²) < 4.78 is 18.3. The van der Waals surface area contributed by atoms with Crippen LogP contribution in [0, 0.1) is 17.1 Å². The molecule has 0 spiro atoms. The molecule has 0 aliphatic rings. The minimum Gasteiger partial charge on any atom is -0.494 e. The Hall–Kier alpha value is -2.32. The summed E-state index contributed by atoms with van der Waals surface area (Å²) in [6.45, 7) is 0. The average Bonchev–Trinajstić information content (AvgIpc) is 2.94. The van der Waals surface area contributed by atoms with E-state index in [2.05, 4.69) is 6.07 Å². The van der Waals surface area contributed by atoms with Crippen molar-refractivity contribution >= 4 is 22.6 Å². The van der Waals surface area contributed by atoms with Crippen molar-refractivity contribution in [2.24, 2.45) is 5.73 Å². The van der Waals surface area contributed by atoms with Crippen LogP contribution in [0.1, 0.15) is 10.4 Å². The maximum atomic E-state index is 13.3. The number of benzene rings is 1. The predicted octanol–water partition coefficient (Wildman–Crippen LogP) is 3.25. The Morgan fingerprint density at radius 1 is 1.42 bits per heavy atom. The Labute approximate surface area is 114 Å². The second-order valence-corrected chi connectivity index (χ2v) is 4.67. The van der Waals surface area contributed by atoms with Crippen LogP contribution in [0.15, 0.2) is 35.7 Å². The monoisotopic (exact) mass is 274 g/mol. The first-order chi connectivity index (χ1) is 9.17. The van der Waals surface area contributed by atoms with Crippen LogP contribution < -0.4 is 10.5 Å². The smallest absolute Gasteiger partial charge is 0.165 e. The lowest BCUT2D eigenvalue weighted by Gasteiger charge is -2.07. The van der Waals surface area contributed by atoms with Gasteiger partial charge >= 0.3 is 0 Å². The molecule has 0 fully saturated rings. The Balaban J connectivity index is 2.54. The van der Waals surface area contributed by atoms with E-state index in [4.69, 9.17) is 10.5 Å². The van der Waals surface area contributed by atoms with E-state index in [0.717, 1.165) is 4.88 Å². The number of nitrogens with two attached hydrogens (primary N) is 1. The number of nitriles is 1. The zero-order valence-electron chi connectivity index (χ0n) is 10.2. The van der Waals surface area contributed by atoms with Gasteiger partial charge in [-0.1, -0.05) is 6.07 Å². The fourth-order valence-corrected chi connectivity index (χ4v) is 2.37. The fraction of sp³-hybridized carbons (Fsp3) is 0.0714. The molecule has 0 aliphatic carbocycles. The molecule has 2 aromatic rings. The molecule has 2 N–H and O–H groups in total. The quantitative estimate of drug-likeness (QED) is 0.874. The molecule has 0 unspecified atom stereocenters. The Kier molecular flexibility index (Phi) is 3.83. The van der Waals surface area contributed by atoms with Crippen LogP contribution in [-0.2, 0) is 0 Å². The molecule has 0 radical (unpaired) electrons. The average molecular weight is 274 g/mol. The molecule has 1 aromatic carbocycles. The van der Waals surface area contributed by atoms with Gasteiger partial charge in [-0.05, 0) is 29.6 Å². The number of halogens is 1. The zero-order valence-corrected chi connectivity index (χ0v) is 11.0. The maximum Gasteiger partial charge on any atom is 0.165 e. The van der Waals surface area contributed by atoms with E-state index in [1.165, 1.54) is 36.6 Å². The molecule has 0 bridgehead atoms. The van der Waals surface area contributed by atoms with Gasteiger partial charge in [0, 0.05) is 10.4 Å². The summed E-state index contributed by atoms with van der Waals surface area (Å²) in [6, 6.07) is 10.0. The molecular formula is C14H11FN2OS. The van der Waals surface area contributed by atoms with Crippen molar-refractivity contribution in [1.29, 1.82) is 5.26 Å². The summed E-state index contributed by atoms with van der Waals surface area (Å²) in [6.07, 6.45) is 0. The van der Waals surface area contributed by atoms with Gasteiger partial charge in [-0.15, -0.1) is 11.3 Å². The van der Waals surface area contributed by atoms with E-state index in [9.17, 15) is 9.65 Å². The third-order valence-corrected chi connectivity index (χ3v) is 3.50. The van der Waals surface area contributed by atoms with Crippen molar-refractivity contribution in [2.45, 2.75) is 0 Å². The van der Waals surface area contributed by atoms with Gasteiger partial charge in [0.05, 0.1) is 18.4 Å². The molecule has 19 heavy (non-hydrogen) atoms. The number of hydrogen-bond acceptors (Lipinski definition) is 4. The second-order valence-electron chi connectivity index (χ2n) is 3.73. The molecular weight excluding hydrogens is 263 g/mol. The third kappa shape index (κ3) is 2.59. The molecule has 96 valence electrons. The number of rotatable bonds is 3. The summed E-state index contributed by atoms with van der Waals surface area (Å²) in [4.78, 5) is 0.781. The molecule has 3 nitrogen and oxygen atoms in total. The number of methoxy groups -OCH3 is 1. The number of allylic oxidation sites excluding steroid dienone is 1. The SMILES string of the molecule is COc1cc(/C(N)=C(/C#N)c2cccs2)ccc1F. The molecule has 0 atom stereocenters. The van der Waals surface area contributed by atoms with E-state index in [1.807, 2.05) is 17.5 Å². The highest BCUT2D eigenvalue weighted by atomic mass is 32.1. The molecule has 0 saturated heterocycles. The summed E-state index contributed by atoms with van der Waals surface area (Å²) in [5, 5.41) is 11.1. The summed E-state index contributed by atoms with van der Waals surface area (Å²) in [5.41, 5.74) is 7.25. The third-order valence-electron chi connectivity index (χ3n) is 2.61.